The largest absolute Gasteiger partial charge is 0.453 e. The number of nitro benzene ring substituents is 1. The number of nitrogens with one attached hydrogen (secondary N) is 1. The predicted octanol–water partition coefficient (Wildman–Crippen LogP) is 2.27. The van der Waals surface area contributed by atoms with Gasteiger partial charge in [-0.3, -0.25) is 10.1 Å². The Morgan fingerprint density at radius 3 is 2.58 bits per heavy atom. The third kappa shape index (κ3) is 3.51. The zero-order valence-corrected chi connectivity index (χ0v) is 13.4. The number of carbonyl (C=O) groups is 2. The van der Waals surface area contributed by atoms with Crippen LogP contribution in [0.5, 0.6) is 0 Å². The molecule has 1 atom stereocenters. The maximum Gasteiger partial charge on any atom is 0.339 e. The van der Waals surface area contributed by atoms with Gasteiger partial charge in [-0.25, -0.2) is 15.0 Å². The van der Waals surface area contributed by atoms with Crippen molar-refractivity contribution in [1.29, 1.82) is 0 Å². The second-order valence-corrected chi connectivity index (χ2v) is 5.52. The molecule has 2 aromatic carbocycles. The number of non-ortho nitro benzene ring substituents is 1. The molecule has 1 heterocycles. The van der Waals surface area contributed by atoms with Crippen molar-refractivity contribution < 1.29 is 19.2 Å². The van der Waals surface area contributed by atoms with E-state index >= 15 is 0 Å². The average molecular weight is 354 g/mol. The number of primary amides is 1. The van der Waals surface area contributed by atoms with Crippen LogP contribution in [0.15, 0.2) is 53.6 Å². The number of hydrazone groups is 1. The van der Waals surface area contributed by atoms with Gasteiger partial charge in [0.2, 0.25) is 0 Å². The molecule has 0 radical (unpaired) electrons. The zero-order chi connectivity index (χ0) is 18.7. The standard InChI is InChI=1S/C17H14N4O5/c18-17(23)20-19-14(10-5-7-11(8-6-10)21(24)25)9-15-12-3-1-2-4-13(12)16(22)26-15/h1-8,15H,9H2,(H3,18,20,23)/b19-14-/t15-/m1/s1. The fourth-order valence-corrected chi connectivity index (χ4v) is 2.67. The van der Waals surface area contributed by atoms with Crippen molar-refractivity contribution in [2.45, 2.75) is 12.5 Å². The van der Waals surface area contributed by atoms with Crippen LogP contribution in [-0.2, 0) is 4.74 Å². The summed E-state index contributed by atoms with van der Waals surface area (Å²) in [6, 6.07) is 11.8. The number of nitrogens with two attached hydrogens (primary N) is 1. The fraction of sp³-hybridized carbons (Fsp3) is 0.118. The van der Waals surface area contributed by atoms with E-state index in [4.69, 9.17) is 10.5 Å². The van der Waals surface area contributed by atoms with Gasteiger partial charge in [-0.05, 0) is 23.8 Å². The number of nitro groups is 1. The summed E-state index contributed by atoms with van der Waals surface area (Å²) in [4.78, 5) is 33.2. The fourth-order valence-electron chi connectivity index (χ4n) is 2.67. The lowest BCUT2D eigenvalue weighted by Gasteiger charge is -2.13. The SMILES string of the molecule is NC(=O)N/N=C(/C[C@H]1OC(=O)c2ccccc21)c1ccc([N+](=O)[O-])cc1. The smallest absolute Gasteiger partial charge is 0.339 e. The molecule has 1 aliphatic rings. The first kappa shape index (κ1) is 17.1. The van der Waals surface area contributed by atoms with Crippen molar-refractivity contribution in [1.82, 2.24) is 5.43 Å². The molecule has 1 aliphatic heterocycles. The van der Waals surface area contributed by atoms with Crippen molar-refractivity contribution >= 4 is 23.4 Å². The zero-order valence-electron chi connectivity index (χ0n) is 13.4. The van der Waals surface area contributed by atoms with Gasteiger partial charge in [0, 0.05) is 24.1 Å². The normalized spacial score (nSPS) is 15.9. The Balaban J connectivity index is 1.90. The van der Waals surface area contributed by atoms with E-state index in [2.05, 4.69) is 10.5 Å². The van der Waals surface area contributed by atoms with Crippen LogP contribution in [-0.4, -0.2) is 22.6 Å². The van der Waals surface area contributed by atoms with E-state index < -0.39 is 23.0 Å². The molecule has 3 rings (SSSR count). The summed E-state index contributed by atoms with van der Waals surface area (Å²) in [6.45, 7) is 0. The molecule has 0 unspecified atom stereocenters. The summed E-state index contributed by atoms with van der Waals surface area (Å²) < 4.78 is 5.38. The number of fused-ring (bicyclic) bond motifs is 1. The van der Waals surface area contributed by atoms with E-state index in [1.54, 1.807) is 24.3 Å². The Labute approximate surface area is 147 Å². The van der Waals surface area contributed by atoms with Gasteiger partial charge < -0.3 is 10.5 Å². The first-order valence-corrected chi connectivity index (χ1v) is 7.62. The summed E-state index contributed by atoms with van der Waals surface area (Å²) in [5, 5.41) is 14.8. The van der Waals surface area contributed by atoms with E-state index in [0.29, 0.717) is 22.4 Å². The van der Waals surface area contributed by atoms with Crippen molar-refractivity contribution in [2.75, 3.05) is 0 Å². The van der Waals surface area contributed by atoms with Gasteiger partial charge in [-0.2, -0.15) is 5.10 Å². The van der Waals surface area contributed by atoms with Crippen LogP contribution in [0.3, 0.4) is 0 Å². The number of amides is 2. The molecule has 0 bridgehead atoms. The van der Waals surface area contributed by atoms with Gasteiger partial charge in [0.15, 0.2) is 0 Å². The summed E-state index contributed by atoms with van der Waals surface area (Å²) in [5.41, 5.74) is 9.22. The van der Waals surface area contributed by atoms with Crippen molar-refractivity contribution in [2.24, 2.45) is 10.8 Å². The van der Waals surface area contributed by atoms with Crippen molar-refractivity contribution in [3.8, 4) is 0 Å². The van der Waals surface area contributed by atoms with E-state index in [1.807, 2.05) is 0 Å². The molecular formula is C17H14N4O5. The van der Waals surface area contributed by atoms with Crippen LogP contribution in [0, 0.1) is 10.1 Å². The lowest BCUT2D eigenvalue weighted by Crippen LogP contribution is -2.26. The number of hydrogen-bond acceptors (Lipinski definition) is 6. The summed E-state index contributed by atoms with van der Waals surface area (Å²) in [6.07, 6.45) is -0.414. The van der Waals surface area contributed by atoms with E-state index in [0.717, 1.165) is 0 Å². The Morgan fingerprint density at radius 1 is 1.23 bits per heavy atom. The highest BCUT2D eigenvalue weighted by Crippen LogP contribution is 2.34. The molecule has 3 N–H and O–H groups in total. The first-order chi connectivity index (χ1) is 12.5. The predicted molar refractivity (Wildman–Crippen MR) is 91.6 cm³/mol. The lowest BCUT2D eigenvalue weighted by atomic mass is 9.98. The molecule has 0 saturated heterocycles. The molecule has 0 spiro atoms. The van der Waals surface area contributed by atoms with E-state index in [-0.39, 0.29) is 12.1 Å². The molecule has 0 fully saturated rings. The molecule has 0 aromatic heterocycles. The van der Waals surface area contributed by atoms with Crippen molar-refractivity contribution in [3.05, 3.63) is 75.3 Å². The number of carbonyl (C=O) groups excluding carboxylic acids is 2. The highest BCUT2D eigenvalue weighted by Gasteiger charge is 2.31. The summed E-state index contributed by atoms with van der Waals surface area (Å²) in [7, 11) is 0. The van der Waals surface area contributed by atoms with E-state index in [1.165, 1.54) is 24.3 Å². The molecule has 2 aromatic rings. The first-order valence-electron chi connectivity index (χ1n) is 7.62. The number of nitrogens with zero attached hydrogens (tertiary/aromatic N) is 2. The maximum atomic E-state index is 12.0. The molecule has 0 aliphatic carbocycles. The maximum absolute atomic E-state index is 12.0. The van der Waals surface area contributed by atoms with Gasteiger partial charge in [-0.1, -0.05) is 18.2 Å². The van der Waals surface area contributed by atoms with Crippen LogP contribution in [0.2, 0.25) is 0 Å². The number of benzene rings is 2. The van der Waals surface area contributed by atoms with Gasteiger partial charge in [0.25, 0.3) is 5.69 Å². The molecule has 9 nitrogen and oxygen atoms in total. The summed E-state index contributed by atoms with van der Waals surface area (Å²) in [5.74, 6) is -0.434. The van der Waals surface area contributed by atoms with E-state index in [9.17, 15) is 19.7 Å². The van der Waals surface area contributed by atoms with Gasteiger partial charge in [-0.15, -0.1) is 0 Å². The second kappa shape index (κ2) is 7.01. The Hall–Kier alpha value is -3.75. The minimum Gasteiger partial charge on any atom is -0.453 e. The Morgan fingerprint density at radius 2 is 1.92 bits per heavy atom. The molecule has 26 heavy (non-hydrogen) atoms. The van der Waals surface area contributed by atoms with Crippen LogP contribution >= 0.6 is 0 Å². The topological polar surface area (TPSA) is 137 Å². The van der Waals surface area contributed by atoms with Crippen LogP contribution in [0.4, 0.5) is 10.5 Å². The van der Waals surface area contributed by atoms with Gasteiger partial charge in [0.1, 0.15) is 6.10 Å². The van der Waals surface area contributed by atoms with Gasteiger partial charge >= 0.3 is 12.0 Å². The molecule has 132 valence electrons. The number of urea groups is 1. The Kier molecular flexibility index (Phi) is 4.61. The monoisotopic (exact) mass is 354 g/mol. The summed E-state index contributed by atoms with van der Waals surface area (Å²) >= 11 is 0. The van der Waals surface area contributed by atoms with Crippen LogP contribution < -0.4 is 11.2 Å². The highest BCUT2D eigenvalue weighted by atomic mass is 16.6. The third-order valence-electron chi connectivity index (χ3n) is 3.87. The van der Waals surface area contributed by atoms with Crippen molar-refractivity contribution in [3.63, 3.8) is 0 Å². The molecule has 9 heteroatoms. The number of ether oxygens (including phenoxy) is 1. The number of cyclic esters (lactones) is 1. The number of hydrogen-bond donors (Lipinski definition) is 2. The van der Waals surface area contributed by atoms with Crippen LogP contribution in [0.1, 0.15) is 34.0 Å². The number of esters is 1. The lowest BCUT2D eigenvalue weighted by molar-refractivity contribution is -0.384. The minimum atomic E-state index is -0.853. The quantitative estimate of drug-likeness (QED) is 0.367. The number of rotatable bonds is 5. The van der Waals surface area contributed by atoms with Crippen LogP contribution in [0.25, 0.3) is 0 Å². The third-order valence-corrected chi connectivity index (χ3v) is 3.87. The molecule has 2 amide bonds. The molecule has 0 saturated carbocycles. The average Bonchev–Trinajstić information content (AvgIpc) is 2.95. The highest BCUT2D eigenvalue weighted by molar-refractivity contribution is 6.02. The molecular weight excluding hydrogens is 340 g/mol. The van der Waals surface area contributed by atoms with Gasteiger partial charge in [0.05, 0.1) is 16.2 Å². The second-order valence-electron chi connectivity index (χ2n) is 5.52. The Bertz CT molecular complexity index is 908. The minimum absolute atomic E-state index is 0.0754.